The first-order valence-corrected chi connectivity index (χ1v) is 6.31. The monoisotopic (exact) mass is 257 g/mol. The van der Waals surface area contributed by atoms with Gasteiger partial charge in [-0.3, -0.25) is 14.5 Å². The van der Waals surface area contributed by atoms with Crippen LogP contribution in [-0.4, -0.2) is 29.4 Å². The van der Waals surface area contributed by atoms with Crippen molar-refractivity contribution in [1.29, 1.82) is 0 Å². The van der Waals surface area contributed by atoms with Crippen molar-refractivity contribution >= 4 is 11.8 Å². The molecule has 2 atom stereocenters. The van der Waals surface area contributed by atoms with E-state index in [0.29, 0.717) is 12.2 Å². The first-order valence-electron chi connectivity index (χ1n) is 6.31. The van der Waals surface area contributed by atoms with E-state index in [2.05, 4.69) is 0 Å². The molecule has 0 aliphatic carbocycles. The summed E-state index contributed by atoms with van der Waals surface area (Å²) < 4.78 is 5.62. The van der Waals surface area contributed by atoms with Crippen LogP contribution in [0.2, 0.25) is 0 Å². The minimum Gasteiger partial charge on any atom is -0.362 e. The molecule has 0 N–H and O–H groups in total. The summed E-state index contributed by atoms with van der Waals surface area (Å²) in [5.41, 5.74) is 0.957. The molecule has 0 saturated carbocycles. The van der Waals surface area contributed by atoms with Crippen LogP contribution >= 0.6 is 0 Å². The number of epoxide rings is 1. The van der Waals surface area contributed by atoms with Crippen molar-refractivity contribution in [2.45, 2.75) is 25.5 Å². The lowest BCUT2D eigenvalue weighted by atomic mass is 9.92. The summed E-state index contributed by atoms with van der Waals surface area (Å²) in [6.07, 6.45) is 1.39. The third-order valence-corrected chi connectivity index (χ3v) is 3.91. The fourth-order valence-corrected chi connectivity index (χ4v) is 2.63. The predicted octanol–water partition coefficient (Wildman–Crippen LogP) is 1.62. The summed E-state index contributed by atoms with van der Waals surface area (Å²) in [6.45, 7) is 4.06. The molecule has 0 bridgehead atoms. The number of carbonyl (C=O) groups excluding carboxylic acids is 2. The van der Waals surface area contributed by atoms with Gasteiger partial charge in [0.1, 0.15) is 5.60 Å². The summed E-state index contributed by atoms with van der Waals surface area (Å²) in [5.74, 6) is -0.468. The zero-order valence-electron chi connectivity index (χ0n) is 10.9. The zero-order chi connectivity index (χ0) is 13.6. The molecule has 2 aliphatic rings. The molecule has 0 spiro atoms. The van der Waals surface area contributed by atoms with E-state index in [1.807, 2.05) is 37.3 Å². The second kappa shape index (κ2) is 4.03. The number of hydrogen-bond acceptors (Lipinski definition) is 3. The van der Waals surface area contributed by atoms with Gasteiger partial charge in [-0.25, -0.2) is 0 Å². The van der Waals surface area contributed by atoms with Crippen molar-refractivity contribution in [1.82, 2.24) is 4.90 Å². The highest BCUT2D eigenvalue weighted by atomic mass is 16.6. The number of imide groups is 1. The Morgan fingerprint density at radius 1 is 1.26 bits per heavy atom. The lowest BCUT2D eigenvalue weighted by molar-refractivity contribution is -0.141. The molecule has 2 aliphatic heterocycles. The van der Waals surface area contributed by atoms with Crippen LogP contribution in [0.5, 0.6) is 0 Å². The molecule has 4 heteroatoms. The summed E-state index contributed by atoms with van der Waals surface area (Å²) in [4.78, 5) is 25.3. The highest BCUT2D eigenvalue weighted by Crippen LogP contribution is 2.44. The summed E-state index contributed by atoms with van der Waals surface area (Å²) in [6, 6.07) is 9.43. The van der Waals surface area contributed by atoms with Gasteiger partial charge in [0.25, 0.3) is 11.8 Å². The third kappa shape index (κ3) is 1.71. The van der Waals surface area contributed by atoms with Gasteiger partial charge in [-0.15, -0.1) is 0 Å². The topological polar surface area (TPSA) is 49.9 Å². The minimum absolute atomic E-state index is 0.219. The maximum Gasteiger partial charge on any atom is 0.256 e. The third-order valence-electron chi connectivity index (χ3n) is 3.91. The van der Waals surface area contributed by atoms with Crippen molar-refractivity contribution in [3.05, 3.63) is 47.5 Å². The fraction of sp³-hybridized carbons (Fsp3) is 0.333. The standard InChI is InChI=1S/C15H15NO3/c1-10-8-13(17)16(14(10)18)11(2)15(9-19-15)12-6-4-3-5-7-12/h3-8,11H,9H2,1-2H3. The van der Waals surface area contributed by atoms with E-state index in [1.165, 1.54) is 11.0 Å². The predicted molar refractivity (Wildman–Crippen MR) is 69.1 cm³/mol. The van der Waals surface area contributed by atoms with E-state index >= 15 is 0 Å². The molecular formula is C15H15NO3. The van der Waals surface area contributed by atoms with Gasteiger partial charge in [0.05, 0.1) is 12.6 Å². The maximum atomic E-state index is 12.0. The van der Waals surface area contributed by atoms with Crippen LogP contribution in [0.15, 0.2) is 42.0 Å². The van der Waals surface area contributed by atoms with Crippen molar-refractivity contribution in [3.63, 3.8) is 0 Å². The first-order chi connectivity index (χ1) is 9.06. The maximum absolute atomic E-state index is 12.0. The number of rotatable bonds is 3. The molecule has 0 aromatic heterocycles. The van der Waals surface area contributed by atoms with Crippen molar-refractivity contribution in [2.75, 3.05) is 6.61 Å². The van der Waals surface area contributed by atoms with Crippen LogP contribution in [-0.2, 0) is 19.9 Å². The van der Waals surface area contributed by atoms with Gasteiger partial charge in [-0.05, 0) is 19.4 Å². The molecule has 1 aromatic carbocycles. The molecule has 1 saturated heterocycles. The normalized spacial score (nSPS) is 27.5. The van der Waals surface area contributed by atoms with Crippen LogP contribution in [0.3, 0.4) is 0 Å². The Bertz CT molecular complexity index is 572. The Labute approximate surface area is 111 Å². The number of hydrogen-bond donors (Lipinski definition) is 0. The van der Waals surface area contributed by atoms with E-state index in [0.717, 1.165) is 5.56 Å². The summed E-state index contributed by atoms with van der Waals surface area (Å²) in [7, 11) is 0. The van der Waals surface area contributed by atoms with Gasteiger partial charge >= 0.3 is 0 Å². The van der Waals surface area contributed by atoms with E-state index in [1.54, 1.807) is 6.92 Å². The van der Waals surface area contributed by atoms with Gasteiger partial charge in [0.2, 0.25) is 0 Å². The molecule has 2 heterocycles. The zero-order valence-corrected chi connectivity index (χ0v) is 10.9. The average molecular weight is 257 g/mol. The Balaban J connectivity index is 1.92. The van der Waals surface area contributed by atoms with Gasteiger partial charge in [-0.2, -0.15) is 0 Å². The second-order valence-corrected chi connectivity index (χ2v) is 5.06. The van der Waals surface area contributed by atoms with Crippen molar-refractivity contribution in [3.8, 4) is 0 Å². The lowest BCUT2D eigenvalue weighted by Crippen LogP contribution is -2.46. The SMILES string of the molecule is CC1=CC(=O)N(C(C)C2(c3ccccc3)CO2)C1=O. The molecule has 4 nitrogen and oxygen atoms in total. The van der Waals surface area contributed by atoms with Gasteiger partial charge in [0, 0.05) is 11.6 Å². The molecule has 1 fully saturated rings. The molecule has 98 valence electrons. The van der Waals surface area contributed by atoms with Gasteiger partial charge in [-0.1, -0.05) is 30.3 Å². The number of carbonyl (C=O) groups is 2. The minimum atomic E-state index is -0.537. The van der Waals surface area contributed by atoms with Crippen LogP contribution < -0.4 is 0 Å². The number of benzene rings is 1. The summed E-state index contributed by atoms with van der Waals surface area (Å²) in [5, 5.41) is 0. The van der Waals surface area contributed by atoms with Crippen LogP contribution in [0.4, 0.5) is 0 Å². The van der Waals surface area contributed by atoms with E-state index in [4.69, 9.17) is 4.74 Å². The molecule has 3 rings (SSSR count). The lowest BCUT2D eigenvalue weighted by Gasteiger charge is -2.28. The average Bonchev–Trinajstić information content (AvgIpc) is 3.16. The number of nitrogens with zero attached hydrogens (tertiary/aromatic N) is 1. The molecule has 2 unspecified atom stereocenters. The molecule has 19 heavy (non-hydrogen) atoms. The summed E-state index contributed by atoms with van der Waals surface area (Å²) >= 11 is 0. The second-order valence-electron chi connectivity index (χ2n) is 5.06. The van der Waals surface area contributed by atoms with Crippen LogP contribution in [0.25, 0.3) is 0 Å². The largest absolute Gasteiger partial charge is 0.362 e. The van der Waals surface area contributed by atoms with E-state index in [9.17, 15) is 9.59 Å². The first kappa shape index (κ1) is 12.1. The Morgan fingerprint density at radius 2 is 1.89 bits per heavy atom. The number of amides is 2. The highest BCUT2D eigenvalue weighted by Gasteiger charge is 2.56. The molecule has 0 radical (unpaired) electrons. The van der Waals surface area contributed by atoms with Crippen LogP contribution in [0.1, 0.15) is 19.4 Å². The molecule has 1 aromatic rings. The van der Waals surface area contributed by atoms with Gasteiger partial charge < -0.3 is 4.74 Å². The van der Waals surface area contributed by atoms with Crippen LogP contribution in [0, 0.1) is 0 Å². The van der Waals surface area contributed by atoms with Crippen molar-refractivity contribution in [2.24, 2.45) is 0 Å². The highest BCUT2D eigenvalue weighted by molar-refractivity contribution is 6.16. The van der Waals surface area contributed by atoms with Crippen molar-refractivity contribution < 1.29 is 14.3 Å². The Hall–Kier alpha value is -1.94. The number of ether oxygens (including phenoxy) is 1. The Kier molecular flexibility index (Phi) is 2.57. The van der Waals surface area contributed by atoms with E-state index in [-0.39, 0.29) is 17.9 Å². The van der Waals surface area contributed by atoms with E-state index < -0.39 is 5.60 Å². The Morgan fingerprint density at radius 3 is 2.37 bits per heavy atom. The smallest absolute Gasteiger partial charge is 0.256 e. The fourth-order valence-electron chi connectivity index (χ4n) is 2.63. The molecular weight excluding hydrogens is 242 g/mol. The quantitative estimate of drug-likeness (QED) is 0.610. The molecule has 2 amide bonds. The van der Waals surface area contributed by atoms with Gasteiger partial charge in [0.15, 0.2) is 0 Å².